The van der Waals surface area contributed by atoms with E-state index in [9.17, 15) is 4.79 Å². The second-order valence-corrected chi connectivity index (χ2v) is 4.08. The summed E-state index contributed by atoms with van der Waals surface area (Å²) in [5, 5.41) is 2.81. The standard InChI is InChI=1S/C14H15N3O/c1-10-4-2-7-13(17-10)9-16-14(18)11-5-3-6-12(15)8-11/h2-8H,9,15H2,1H3,(H,16,18). The molecule has 0 fully saturated rings. The van der Waals surface area contributed by atoms with Crippen molar-refractivity contribution in [1.29, 1.82) is 0 Å². The summed E-state index contributed by atoms with van der Waals surface area (Å²) >= 11 is 0. The van der Waals surface area contributed by atoms with E-state index in [1.165, 1.54) is 0 Å². The van der Waals surface area contributed by atoms with Crippen LogP contribution in [0.5, 0.6) is 0 Å². The summed E-state index contributed by atoms with van der Waals surface area (Å²) in [6.07, 6.45) is 0. The number of aryl methyl sites for hydroxylation is 1. The molecule has 1 aromatic heterocycles. The lowest BCUT2D eigenvalue weighted by Crippen LogP contribution is -2.23. The molecule has 4 heteroatoms. The van der Waals surface area contributed by atoms with E-state index in [0.717, 1.165) is 11.4 Å². The number of aromatic nitrogens is 1. The molecule has 0 aliphatic rings. The number of carbonyl (C=O) groups excluding carboxylic acids is 1. The molecule has 0 radical (unpaired) electrons. The van der Waals surface area contributed by atoms with Gasteiger partial charge in [-0.1, -0.05) is 12.1 Å². The Balaban J connectivity index is 2.00. The quantitative estimate of drug-likeness (QED) is 0.806. The smallest absolute Gasteiger partial charge is 0.251 e. The third-order valence-electron chi connectivity index (χ3n) is 2.52. The number of nitrogen functional groups attached to an aromatic ring is 1. The first-order chi connectivity index (χ1) is 8.65. The van der Waals surface area contributed by atoms with E-state index in [-0.39, 0.29) is 5.91 Å². The van der Waals surface area contributed by atoms with E-state index >= 15 is 0 Å². The van der Waals surface area contributed by atoms with E-state index in [1.807, 2.05) is 25.1 Å². The Hall–Kier alpha value is -2.36. The van der Waals surface area contributed by atoms with Crippen LogP contribution >= 0.6 is 0 Å². The number of anilines is 1. The Bertz CT molecular complexity index is 566. The zero-order chi connectivity index (χ0) is 13.0. The fraction of sp³-hybridized carbons (Fsp3) is 0.143. The van der Waals surface area contributed by atoms with Crippen molar-refractivity contribution in [2.45, 2.75) is 13.5 Å². The number of hydrogen-bond donors (Lipinski definition) is 2. The third kappa shape index (κ3) is 3.07. The van der Waals surface area contributed by atoms with Crippen molar-refractivity contribution >= 4 is 11.6 Å². The van der Waals surface area contributed by atoms with E-state index in [2.05, 4.69) is 10.3 Å². The van der Waals surface area contributed by atoms with Gasteiger partial charge in [0.1, 0.15) is 0 Å². The molecule has 92 valence electrons. The number of nitrogens with zero attached hydrogens (tertiary/aromatic N) is 1. The minimum Gasteiger partial charge on any atom is -0.399 e. The zero-order valence-electron chi connectivity index (χ0n) is 10.2. The fourth-order valence-electron chi connectivity index (χ4n) is 1.65. The summed E-state index contributed by atoms with van der Waals surface area (Å²) in [6, 6.07) is 12.6. The van der Waals surface area contributed by atoms with E-state index < -0.39 is 0 Å². The summed E-state index contributed by atoms with van der Waals surface area (Å²) in [7, 11) is 0. The Kier molecular flexibility index (Phi) is 3.57. The van der Waals surface area contributed by atoms with Crippen molar-refractivity contribution < 1.29 is 4.79 Å². The van der Waals surface area contributed by atoms with Gasteiger partial charge in [0.15, 0.2) is 0 Å². The van der Waals surface area contributed by atoms with Gasteiger partial charge in [0.2, 0.25) is 0 Å². The first-order valence-electron chi connectivity index (χ1n) is 5.71. The summed E-state index contributed by atoms with van der Waals surface area (Å²) in [5.41, 5.74) is 8.55. The highest BCUT2D eigenvalue weighted by Gasteiger charge is 2.05. The number of amides is 1. The van der Waals surface area contributed by atoms with Gasteiger partial charge in [0.05, 0.1) is 12.2 Å². The molecule has 1 aromatic carbocycles. The molecular formula is C14H15N3O. The molecule has 0 unspecified atom stereocenters. The van der Waals surface area contributed by atoms with Gasteiger partial charge < -0.3 is 11.1 Å². The minimum atomic E-state index is -0.148. The molecule has 0 aliphatic heterocycles. The molecule has 3 N–H and O–H groups in total. The van der Waals surface area contributed by atoms with Gasteiger partial charge in [0, 0.05) is 16.9 Å². The number of nitrogens with two attached hydrogens (primary N) is 1. The molecule has 0 atom stereocenters. The maximum Gasteiger partial charge on any atom is 0.251 e. The van der Waals surface area contributed by atoms with Crippen LogP contribution in [0.25, 0.3) is 0 Å². The minimum absolute atomic E-state index is 0.148. The summed E-state index contributed by atoms with van der Waals surface area (Å²) in [5.74, 6) is -0.148. The van der Waals surface area contributed by atoms with E-state index in [0.29, 0.717) is 17.8 Å². The molecule has 1 heterocycles. The second-order valence-electron chi connectivity index (χ2n) is 4.08. The Morgan fingerprint density at radius 1 is 1.28 bits per heavy atom. The zero-order valence-corrected chi connectivity index (χ0v) is 10.2. The van der Waals surface area contributed by atoms with Gasteiger partial charge in [-0.2, -0.15) is 0 Å². The van der Waals surface area contributed by atoms with Crippen LogP contribution in [0.3, 0.4) is 0 Å². The summed E-state index contributed by atoms with van der Waals surface area (Å²) in [4.78, 5) is 16.2. The molecule has 0 saturated heterocycles. The van der Waals surface area contributed by atoms with Gasteiger partial charge in [-0.15, -0.1) is 0 Å². The molecule has 4 nitrogen and oxygen atoms in total. The first-order valence-corrected chi connectivity index (χ1v) is 5.71. The van der Waals surface area contributed by atoms with Gasteiger partial charge in [-0.25, -0.2) is 0 Å². The molecule has 18 heavy (non-hydrogen) atoms. The fourth-order valence-corrected chi connectivity index (χ4v) is 1.65. The van der Waals surface area contributed by atoms with Crippen molar-refractivity contribution in [3.8, 4) is 0 Å². The monoisotopic (exact) mass is 241 g/mol. The normalized spacial score (nSPS) is 10.1. The van der Waals surface area contributed by atoms with Crippen molar-refractivity contribution in [2.75, 3.05) is 5.73 Å². The van der Waals surface area contributed by atoms with Crippen molar-refractivity contribution in [3.63, 3.8) is 0 Å². The van der Waals surface area contributed by atoms with Crippen LogP contribution in [-0.4, -0.2) is 10.9 Å². The van der Waals surface area contributed by atoms with Gasteiger partial charge in [0.25, 0.3) is 5.91 Å². The van der Waals surface area contributed by atoms with Crippen molar-refractivity contribution in [1.82, 2.24) is 10.3 Å². The third-order valence-corrected chi connectivity index (χ3v) is 2.52. The highest BCUT2D eigenvalue weighted by atomic mass is 16.1. The second kappa shape index (κ2) is 5.31. The Morgan fingerprint density at radius 3 is 2.78 bits per heavy atom. The molecule has 0 aliphatic carbocycles. The largest absolute Gasteiger partial charge is 0.399 e. The van der Waals surface area contributed by atoms with Crippen LogP contribution in [0, 0.1) is 6.92 Å². The molecule has 0 spiro atoms. The number of rotatable bonds is 3. The number of pyridine rings is 1. The summed E-state index contributed by atoms with van der Waals surface area (Å²) < 4.78 is 0. The molecule has 0 saturated carbocycles. The van der Waals surface area contributed by atoms with Crippen LogP contribution in [-0.2, 0) is 6.54 Å². The lowest BCUT2D eigenvalue weighted by atomic mass is 10.2. The van der Waals surface area contributed by atoms with Crippen molar-refractivity contribution in [2.24, 2.45) is 0 Å². The number of carbonyl (C=O) groups is 1. The lowest BCUT2D eigenvalue weighted by molar-refractivity contribution is 0.0950. The Morgan fingerprint density at radius 2 is 2.06 bits per heavy atom. The summed E-state index contributed by atoms with van der Waals surface area (Å²) in [6.45, 7) is 2.33. The topological polar surface area (TPSA) is 68.0 Å². The predicted molar refractivity (Wildman–Crippen MR) is 71.0 cm³/mol. The first kappa shape index (κ1) is 12.1. The highest BCUT2D eigenvalue weighted by Crippen LogP contribution is 2.06. The van der Waals surface area contributed by atoms with E-state index in [1.54, 1.807) is 24.3 Å². The van der Waals surface area contributed by atoms with Gasteiger partial charge >= 0.3 is 0 Å². The molecular weight excluding hydrogens is 226 g/mol. The molecule has 2 rings (SSSR count). The maximum absolute atomic E-state index is 11.9. The number of hydrogen-bond acceptors (Lipinski definition) is 3. The average Bonchev–Trinajstić information content (AvgIpc) is 2.36. The molecule has 1 amide bonds. The van der Waals surface area contributed by atoms with Crippen LogP contribution < -0.4 is 11.1 Å². The SMILES string of the molecule is Cc1cccc(CNC(=O)c2cccc(N)c2)n1. The lowest BCUT2D eigenvalue weighted by Gasteiger charge is -2.06. The van der Waals surface area contributed by atoms with Gasteiger partial charge in [-0.3, -0.25) is 9.78 Å². The van der Waals surface area contributed by atoms with Crippen LogP contribution in [0.1, 0.15) is 21.7 Å². The molecule has 0 bridgehead atoms. The molecule has 2 aromatic rings. The predicted octanol–water partition coefficient (Wildman–Crippen LogP) is 1.90. The maximum atomic E-state index is 11.9. The highest BCUT2D eigenvalue weighted by molar-refractivity contribution is 5.94. The van der Waals surface area contributed by atoms with Crippen LogP contribution in [0.15, 0.2) is 42.5 Å². The number of nitrogens with one attached hydrogen (secondary N) is 1. The Labute approximate surface area is 106 Å². The van der Waals surface area contributed by atoms with Crippen LogP contribution in [0.4, 0.5) is 5.69 Å². The number of benzene rings is 1. The van der Waals surface area contributed by atoms with E-state index in [4.69, 9.17) is 5.73 Å². The van der Waals surface area contributed by atoms with Gasteiger partial charge in [-0.05, 0) is 37.3 Å². The van der Waals surface area contributed by atoms with Crippen molar-refractivity contribution in [3.05, 3.63) is 59.4 Å². The average molecular weight is 241 g/mol. The van der Waals surface area contributed by atoms with Crippen LogP contribution in [0.2, 0.25) is 0 Å².